The molecule has 1 amide bonds. The fraction of sp³-hybridized carbons (Fsp3) is 0.500. The summed E-state index contributed by atoms with van der Waals surface area (Å²) in [5.41, 5.74) is -2.28. The van der Waals surface area contributed by atoms with E-state index < -0.39 is 56.3 Å². The van der Waals surface area contributed by atoms with E-state index in [-0.39, 0.29) is 92.0 Å². The number of ether oxygens (including phenoxy) is 2. The summed E-state index contributed by atoms with van der Waals surface area (Å²) in [6.07, 6.45) is 1.83. The topological polar surface area (TPSA) is 146 Å². The third kappa shape index (κ3) is 11.1. The second kappa shape index (κ2) is 15.8. The summed E-state index contributed by atoms with van der Waals surface area (Å²) in [5.74, 6) is -0.774. The van der Waals surface area contributed by atoms with Crippen molar-refractivity contribution in [2.45, 2.75) is 46.3 Å². The Morgan fingerprint density at radius 3 is 2.24 bits per heavy atom. The number of amides is 1. The van der Waals surface area contributed by atoms with Crippen LogP contribution >= 0.6 is 42.6 Å². The van der Waals surface area contributed by atoms with E-state index in [2.05, 4.69) is 14.2 Å². The molecule has 0 radical (unpaired) electrons. The molecule has 3 rings (SSSR count). The van der Waals surface area contributed by atoms with E-state index in [1.807, 2.05) is 0 Å². The van der Waals surface area contributed by atoms with Crippen LogP contribution in [0.5, 0.6) is 5.75 Å². The van der Waals surface area contributed by atoms with Gasteiger partial charge in [-0.3, -0.25) is 4.79 Å². The average Bonchev–Trinajstić information content (AvgIpc) is 3.64. The number of hydrogen-bond donors (Lipinski definition) is 0. The van der Waals surface area contributed by atoms with Crippen LogP contribution in [0.2, 0.25) is 15.2 Å². The maximum Gasteiger partial charge on any atom is 1.00 e. The Labute approximate surface area is 293 Å². The van der Waals surface area contributed by atoms with Gasteiger partial charge in [-0.2, -0.15) is 8.78 Å². The summed E-state index contributed by atoms with van der Waals surface area (Å²) in [5, 5.41) is -0.909. The Balaban J connectivity index is 0.00000420. The molecule has 0 spiro atoms. The number of phosphoric acid groups is 1. The van der Waals surface area contributed by atoms with E-state index in [4.69, 9.17) is 39.5 Å². The van der Waals surface area contributed by atoms with Gasteiger partial charge in [-0.1, -0.05) is 48.7 Å². The monoisotopic (exact) mass is 677 g/mol. The third-order valence-electron chi connectivity index (χ3n) is 5.66. The van der Waals surface area contributed by atoms with E-state index in [0.29, 0.717) is 4.90 Å². The van der Waals surface area contributed by atoms with Crippen LogP contribution in [0.3, 0.4) is 0 Å². The number of hydrogen-bond acceptors (Lipinski definition) is 9. The number of phosphoric ester groups is 1. The zero-order chi connectivity index (χ0) is 29.3. The van der Waals surface area contributed by atoms with Crippen LogP contribution in [0.1, 0.15) is 39.7 Å². The quantitative estimate of drug-likeness (QED) is 0.214. The normalized spacial score (nSPS) is 14.1. The molecule has 41 heavy (non-hydrogen) atoms. The number of rotatable bonds is 11. The van der Waals surface area contributed by atoms with Crippen LogP contribution in [0.4, 0.5) is 25.1 Å². The fourth-order valence-corrected chi connectivity index (χ4v) is 4.88. The van der Waals surface area contributed by atoms with Crippen molar-refractivity contribution in [1.82, 2.24) is 9.55 Å². The summed E-state index contributed by atoms with van der Waals surface area (Å²) in [7, 11) is -5.30. The second-order valence-corrected chi connectivity index (χ2v) is 11.9. The van der Waals surface area contributed by atoms with Gasteiger partial charge in [-0.25, -0.2) is 14.7 Å². The molecule has 1 aromatic carbocycles. The first kappa shape index (κ1) is 39.0. The molecule has 19 heteroatoms. The van der Waals surface area contributed by atoms with E-state index in [0.717, 1.165) is 25.0 Å². The van der Waals surface area contributed by atoms with Crippen LogP contribution in [-0.4, -0.2) is 35.5 Å². The van der Waals surface area contributed by atoms with Gasteiger partial charge in [0.25, 0.3) is 5.56 Å². The second-order valence-electron chi connectivity index (χ2n) is 9.57. The van der Waals surface area contributed by atoms with Crippen molar-refractivity contribution < 1.29 is 101 Å². The first-order valence-corrected chi connectivity index (χ1v) is 13.9. The Kier molecular flexibility index (Phi) is 15.1. The number of carbonyl (C=O) groups excluding carboxylic acids is 1. The fourth-order valence-electron chi connectivity index (χ4n) is 3.55. The maximum absolute atomic E-state index is 13.5. The number of benzene rings is 1. The van der Waals surface area contributed by atoms with Crippen LogP contribution in [-0.2, 0) is 13.8 Å². The van der Waals surface area contributed by atoms with E-state index >= 15 is 0 Å². The summed E-state index contributed by atoms with van der Waals surface area (Å²) in [6.45, 7) is 0.366. The molecule has 0 unspecified atom stereocenters. The number of anilines is 2. The van der Waals surface area contributed by atoms with E-state index in [1.165, 1.54) is 24.6 Å². The van der Waals surface area contributed by atoms with Crippen molar-refractivity contribution >= 4 is 60.2 Å². The van der Waals surface area contributed by atoms with Gasteiger partial charge in [0.05, 0.1) is 30.2 Å². The molecule has 1 atom stereocenters. The number of aromatic nitrogens is 2. The van der Waals surface area contributed by atoms with Crippen LogP contribution in [0, 0.1) is 11.3 Å². The standard InChI is InChI=1S/C22H25Cl3F2N3O8P.2Na/c1-11(12-4-5-12)29-8-16(25)28-18(19(29)31)30(17-14(23)6-13(7-15(17)24)38-20(26)27)21(32)36-9-22(2,3)10-37-39(33,34)35;;/h6-8,11-12,20H,4-5,9-10H2,1-3H3,(H2,33,34,35);;/q;2*+1/p-2/t11-;;/m0../s1. The minimum Gasteiger partial charge on any atom is -0.790 e. The molecule has 11 nitrogen and oxygen atoms in total. The molecule has 1 saturated carbocycles. The molecule has 0 N–H and O–H groups in total. The van der Waals surface area contributed by atoms with Crippen molar-refractivity contribution in [3.05, 3.63) is 43.9 Å². The Hall–Kier alpha value is 0.0100. The van der Waals surface area contributed by atoms with Crippen LogP contribution in [0.25, 0.3) is 0 Å². The summed E-state index contributed by atoms with van der Waals surface area (Å²) >= 11 is 18.8. The molecule has 1 aliphatic carbocycles. The van der Waals surface area contributed by atoms with Crippen molar-refractivity contribution in [2.24, 2.45) is 11.3 Å². The van der Waals surface area contributed by atoms with Crippen LogP contribution in [0.15, 0.2) is 23.1 Å². The van der Waals surface area contributed by atoms with Gasteiger partial charge >= 0.3 is 71.8 Å². The molecular formula is C22H23Cl3F2N3Na2O8P. The smallest absolute Gasteiger partial charge is 0.790 e. The number of nitrogens with zero attached hydrogens (tertiary/aromatic N) is 3. The van der Waals surface area contributed by atoms with E-state index in [1.54, 1.807) is 6.92 Å². The summed E-state index contributed by atoms with van der Waals surface area (Å²) < 4.78 is 51.6. The zero-order valence-electron chi connectivity index (χ0n) is 22.7. The van der Waals surface area contributed by atoms with Gasteiger partial charge in [0, 0.05) is 29.8 Å². The first-order valence-electron chi connectivity index (χ1n) is 11.3. The van der Waals surface area contributed by atoms with Crippen molar-refractivity contribution in [2.75, 3.05) is 18.1 Å². The molecule has 1 aliphatic rings. The van der Waals surface area contributed by atoms with Gasteiger partial charge in [0.15, 0.2) is 0 Å². The molecule has 1 aromatic heterocycles. The predicted octanol–water partition coefficient (Wildman–Crippen LogP) is -1.07. The van der Waals surface area contributed by atoms with Crippen molar-refractivity contribution in [3.8, 4) is 5.75 Å². The number of halogens is 5. The molecular weight excluding hydrogens is 656 g/mol. The molecule has 216 valence electrons. The minimum absolute atomic E-state index is 0. The molecule has 0 saturated heterocycles. The Morgan fingerprint density at radius 1 is 1.20 bits per heavy atom. The molecule has 0 bridgehead atoms. The van der Waals surface area contributed by atoms with Gasteiger partial charge in [-0.05, 0) is 25.7 Å². The Bertz CT molecular complexity index is 1320. The predicted molar refractivity (Wildman–Crippen MR) is 135 cm³/mol. The third-order valence-corrected chi connectivity index (χ3v) is 6.86. The SMILES string of the molecule is C[C@@H](C1CC1)n1cc(Cl)nc(N(C(=O)OCC(C)(C)COP(=O)([O-])[O-])c2c(Cl)cc(OC(F)F)cc2Cl)c1=O.[Na+].[Na+]. The first-order chi connectivity index (χ1) is 18.0. The van der Waals surface area contributed by atoms with Gasteiger partial charge < -0.3 is 32.9 Å². The zero-order valence-corrected chi connectivity index (χ0v) is 29.9. The van der Waals surface area contributed by atoms with Crippen molar-refractivity contribution in [3.63, 3.8) is 0 Å². The molecule has 0 aliphatic heterocycles. The van der Waals surface area contributed by atoms with Crippen LogP contribution < -0.4 is 84.1 Å². The molecule has 2 aromatic rings. The largest absolute Gasteiger partial charge is 1.00 e. The number of alkyl halides is 2. The van der Waals surface area contributed by atoms with Gasteiger partial charge in [-0.15, -0.1) is 0 Å². The summed E-state index contributed by atoms with van der Waals surface area (Å²) in [4.78, 5) is 53.3. The molecule has 1 fully saturated rings. The maximum atomic E-state index is 13.5. The van der Waals surface area contributed by atoms with Gasteiger partial charge in [0.1, 0.15) is 17.5 Å². The minimum atomic E-state index is -5.30. The summed E-state index contributed by atoms with van der Waals surface area (Å²) in [6, 6.07) is 1.60. The average molecular weight is 679 g/mol. The Morgan fingerprint density at radius 2 is 1.76 bits per heavy atom. The van der Waals surface area contributed by atoms with Crippen molar-refractivity contribution in [1.29, 1.82) is 0 Å². The molecule has 1 heterocycles. The van der Waals surface area contributed by atoms with Gasteiger partial charge in [0.2, 0.25) is 5.82 Å². The van der Waals surface area contributed by atoms with E-state index in [9.17, 15) is 32.7 Å². The number of carbonyl (C=O) groups is 1.